The number of halogens is 1. The number of rotatable bonds is 25. The van der Waals surface area contributed by atoms with Crippen LogP contribution in [0.4, 0.5) is 5.88 Å². The number of nitro groups is 1. The molecule has 43 heavy (non-hydrogen) atoms. The van der Waals surface area contributed by atoms with Crippen molar-refractivity contribution in [1.29, 1.82) is 0 Å². The highest BCUT2D eigenvalue weighted by Crippen LogP contribution is 2.53. The van der Waals surface area contributed by atoms with Gasteiger partial charge < -0.3 is 9.52 Å². The van der Waals surface area contributed by atoms with Gasteiger partial charge in [0.2, 0.25) is 0 Å². The van der Waals surface area contributed by atoms with Crippen molar-refractivity contribution in [3.05, 3.63) is 75.6 Å². The molecule has 0 bridgehead atoms. The molecule has 10 nitrogen and oxygen atoms in total. The summed E-state index contributed by atoms with van der Waals surface area (Å²) >= 11 is 5.87. The highest BCUT2D eigenvalue weighted by Gasteiger charge is 2.34. The number of carbonyl (C=O) groups is 1. The predicted octanol–water partition coefficient (Wildman–Crippen LogP) is 9.38. The summed E-state index contributed by atoms with van der Waals surface area (Å²) in [7, 11) is -3.93. The van der Waals surface area contributed by atoms with Crippen molar-refractivity contribution < 1.29 is 32.9 Å². The minimum Gasteiger partial charge on any atom is -0.481 e. The largest absolute Gasteiger partial charge is 0.481 e. The number of aliphatic carboxylic acids is 1. The first kappa shape index (κ1) is 38.5. The Morgan fingerprint density at radius 2 is 1.77 bits per heavy atom. The Balaban J connectivity index is 3.06. The number of hydrogen-bond donors (Lipinski definition) is 1. The van der Waals surface area contributed by atoms with Crippen molar-refractivity contribution in [1.82, 2.24) is 4.67 Å². The van der Waals surface area contributed by atoms with E-state index in [1.54, 1.807) is 4.67 Å². The summed E-state index contributed by atoms with van der Waals surface area (Å²) in [6.45, 7) is 10.5. The Labute approximate surface area is 261 Å². The van der Waals surface area contributed by atoms with E-state index in [0.29, 0.717) is 44.5 Å². The van der Waals surface area contributed by atoms with Gasteiger partial charge in [-0.3, -0.25) is 24.0 Å². The second kappa shape index (κ2) is 22.1. The van der Waals surface area contributed by atoms with Crippen molar-refractivity contribution in [2.45, 2.75) is 91.6 Å². The fourth-order valence-corrected chi connectivity index (χ4v) is 6.04. The first-order chi connectivity index (χ1) is 20.5. The minimum atomic E-state index is -3.93. The summed E-state index contributed by atoms with van der Waals surface area (Å²) in [4.78, 5) is 21.3. The van der Waals surface area contributed by atoms with Gasteiger partial charge >= 0.3 is 19.6 Å². The summed E-state index contributed by atoms with van der Waals surface area (Å²) in [5, 5.41) is 20.0. The van der Waals surface area contributed by atoms with Crippen LogP contribution >= 0.6 is 19.3 Å². The molecule has 1 rings (SSSR count). The summed E-state index contributed by atoms with van der Waals surface area (Å²) in [5.41, 5.74) is 3.73. The molecule has 1 aromatic rings. The van der Waals surface area contributed by atoms with Gasteiger partial charge in [-0.2, -0.15) is 0 Å². The van der Waals surface area contributed by atoms with Crippen molar-refractivity contribution in [2.24, 2.45) is 0 Å². The molecule has 0 spiro atoms. The number of carboxylic acids is 1. The lowest BCUT2D eigenvalue weighted by atomic mass is 10.0. The standard InChI is InChI=1S/C31H48ClN2O8P/c1-5-12-28(16-11-15-27(4)14-10-13-26(2)3)20-24-40-43(39,41-25-29-18-19-30(42-29)34(37)38)33(23-9-7-21-32)22-8-6-17-31(35)36/h5,13,15,18-20H,1,6-12,14,16-17,21-25H2,2-4H3,(H,35,36)/b27-15+,28-20+. The van der Waals surface area contributed by atoms with Gasteiger partial charge in [0.25, 0.3) is 0 Å². The Bertz CT molecular complexity index is 1140. The monoisotopic (exact) mass is 642 g/mol. The predicted molar refractivity (Wildman–Crippen MR) is 171 cm³/mol. The Kier molecular flexibility index (Phi) is 19.8. The molecule has 0 aromatic carbocycles. The van der Waals surface area contributed by atoms with E-state index in [0.717, 1.165) is 31.3 Å². The van der Waals surface area contributed by atoms with Crippen LogP contribution in [-0.2, 0) is 25.0 Å². The van der Waals surface area contributed by atoms with Gasteiger partial charge in [-0.15, -0.1) is 18.2 Å². The molecule has 0 aliphatic carbocycles. The van der Waals surface area contributed by atoms with Crippen molar-refractivity contribution in [2.75, 3.05) is 25.6 Å². The average Bonchev–Trinajstić information content (AvgIpc) is 3.43. The third-order valence-corrected chi connectivity index (χ3v) is 8.76. The van der Waals surface area contributed by atoms with E-state index in [4.69, 9.17) is 30.2 Å². The van der Waals surface area contributed by atoms with E-state index in [1.165, 1.54) is 23.3 Å². The molecule has 0 amide bonds. The molecule has 1 aromatic heterocycles. The molecule has 12 heteroatoms. The summed E-state index contributed by atoms with van der Waals surface area (Å²) in [5.74, 6) is -0.774. The zero-order valence-electron chi connectivity index (χ0n) is 25.8. The van der Waals surface area contributed by atoms with Crippen LogP contribution < -0.4 is 0 Å². The highest BCUT2D eigenvalue weighted by atomic mass is 35.5. The van der Waals surface area contributed by atoms with Gasteiger partial charge in [-0.25, -0.2) is 9.24 Å². The maximum Gasteiger partial charge on any atom is 0.433 e. The van der Waals surface area contributed by atoms with E-state index in [1.807, 2.05) is 12.2 Å². The SMILES string of the molecule is C=CC/C(=C\COP(=O)(OCc1ccc([N+](=O)[O-])o1)N(CCCCCl)CCCCC(=O)O)CC/C=C(\C)CCC=C(C)C. The average molecular weight is 643 g/mol. The zero-order valence-corrected chi connectivity index (χ0v) is 27.5. The van der Waals surface area contributed by atoms with E-state index in [-0.39, 0.29) is 31.9 Å². The lowest BCUT2D eigenvalue weighted by molar-refractivity contribution is -0.402. The zero-order chi connectivity index (χ0) is 32.1. The fourth-order valence-electron chi connectivity index (χ4n) is 4.12. The Morgan fingerprint density at radius 1 is 1.07 bits per heavy atom. The number of unbranched alkanes of at least 4 members (excludes halogenated alkanes) is 2. The molecule has 0 aliphatic heterocycles. The second-order valence-electron chi connectivity index (χ2n) is 10.5. The lowest BCUT2D eigenvalue weighted by Crippen LogP contribution is -2.26. The number of allylic oxidation sites excluding steroid dienone is 6. The fraction of sp³-hybridized carbons (Fsp3) is 0.581. The molecule has 0 radical (unpaired) electrons. The number of carboxylic acid groups (broad SMARTS) is 1. The third-order valence-electron chi connectivity index (χ3n) is 6.47. The van der Waals surface area contributed by atoms with Crippen molar-refractivity contribution >= 4 is 31.2 Å². The number of nitrogens with zero attached hydrogens (tertiary/aromatic N) is 2. The van der Waals surface area contributed by atoms with Crippen LogP contribution in [0.3, 0.4) is 0 Å². The second-order valence-corrected chi connectivity index (χ2v) is 12.9. The van der Waals surface area contributed by atoms with Gasteiger partial charge in [0, 0.05) is 25.4 Å². The van der Waals surface area contributed by atoms with Gasteiger partial charge in [0.05, 0.1) is 12.7 Å². The van der Waals surface area contributed by atoms with Gasteiger partial charge in [0.1, 0.15) is 17.3 Å². The molecule has 0 aliphatic rings. The number of alkyl halides is 1. The molecule has 0 fully saturated rings. The normalized spacial score (nSPS) is 13.6. The maximum atomic E-state index is 14.2. The molecule has 0 saturated heterocycles. The van der Waals surface area contributed by atoms with Gasteiger partial charge in [-0.1, -0.05) is 41.0 Å². The molecule has 242 valence electrons. The van der Waals surface area contributed by atoms with Gasteiger partial charge in [0.15, 0.2) is 0 Å². The summed E-state index contributed by atoms with van der Waals surface area (Å²) in [6, 6.07) is 2.60. The lowest BCUT2D eigenvalue weighted by Gasteiger charge is -2.30. The van der Waals surface area contributed by atoms with E-state index >= 15 is 0 Å². The first-order valence-corrected chi connectivity index (χ1v) is 16.8. The highest BCUT2D eigenvalue weighted by molar-refractivity contribution is 7.51. The van der Waals surface area contributed by atoms with Crippen molar-refractivity contribution in [3.8, 4) is 0 Å². The van der Waals surface area contributed by atoms with Crippen LogP contribution in [0, 0.1) is 10.1 Å². The Morgan fingerprint density at radius 3 is 2.37 bits per heavy atom. The molecule has 1 heterocycles. The number of hydrogen-bond acceptors (Lipinski definition) is 7. The smallest absolute Gasteiger partial charge is 0.433 e. The van der Waals surface area contributed by atoms with Gasteiger partial charge in [-0.05, 0) is 84.6 Å². The Hall–Kier alpha value is -2.49. The summed E-state index contributed by atoms with van der Waals surface area (Å²) < 4.78 is 32.8. The third kappa shape index (κ3) is 17.4. The molecule has 1 unspecified atom stereocenters. The van der Waals surface area contributed by atoms with Crippen LogP contribution in [0.5, 0.6) is 0 Å². The molecule has 1 N–H and O–H groups in total. The van der Waals surface area contributed by atoms with Crippen LogP contribution in [0.15, 0.2) is 64.2 Å². The molecule has 1 atom stereocenters. The minimum absolute atomic E-state index is 0.00584. The maximum absolute atomic E-state index is 14.2. The molecular formula is C31H48ClN2O8P. The van der Waals surface area contributed by atoms with Crippen LogP contribution in [-0.4, -0.2) is 46.2 Å². The van der Waals surface area contributed by atoms with E-state index in [9.17, 15) is 19.5 Å². The molecule has 0 saturated carbocycles. The van der Waals surface area contributed by atoms with Crippen LogP contribution in [0.25, 0.3) is 0 Å². The first-order valence-electron chi connectivity index (χ1n) is 14.7. The van der Waals surface area contributed by atoms with Crippen LogP contribution in [0.1, 0.15) is 90.7 Å². The molecular weight excluding hydrogens is 595 g/mol. The van der Waals surface area contributed by atoms with Crippen molar-refractivity contribution in [3.63, 3.8) is 0 Å². The van der Waals surface area contributed by atoms with E-state index in [2.05, 4.69) is 39.5 Å². The quantitative estimate of drug-likeness (QED) is 0.0276. The topological polar surface area (TPSA) is 132 Å². The van der Waals surface area contributed by atoms with Crippen LogP contribution in [0.2, 0.25) is 0 Å². The number of furan rings is 1. The van der Waals surface area contributed by atoms with E-state index < -0.39 is 24.5 Å². The summed E-state index contributed by atoms with van der Waals surface area (Å²) in [6.07, 6.45) is 14.7.